The molecule has 1 unspecified atom stereocenters. The third-order valence-electron chi connectivity index (χ3n) is 3.23. The average molecular weight is 360 g/mol. The van der Waals surface area contributed by atoms with E-state index in [0.29, 0.717) is 15.2 Å². The van der Waals surface area contributed by atoms with Crippen LogP contribution in [-0.4, -0.2) is 24.3 Å². The third kappa shape index (κ3) is 2.05. The molecule has 0 spiro atoms. The standard InChI is InChI=1S/C12H10BrNO3S2/c13-10-7-18-11(14-10)12(15)5-6-19(16,17)9-4-2-1-3-8(9)12/h1-4,7,15H,5-6H2. The van der Waals surface area contributed by atoms with Crippen LogP contribution in [0.5, 0.6) is 0 Å². The van der Waals surface area contributed by atoms with Crippen LogP contribution in [0.2, 0.25) is 0 Å². The van der Waals surface area contributed by atoms with Crippen LogP contribution < -0.4 is 0 Å². The molecule has 7 heteroatoms. The number of nitrogens with zero attached hydrogens (tertiary/aromatic N) is 1. The molecule has 0 fully saturated rings. The molecular formula is C12H10BrNO3S2. The first kappa shape index (κ1) is 13.2. The Balaban J connectivity index is 2.26. The molecule has 100 valence electrons. The number of halogens is 1. The zero-order valence-corrected chi connectivity index (χ0v) is 12.9. The van der Waals surface area contributed by atoms with E-state index >= 15 is 0 Å². The van der Waals surface area contributed by atoms with E-state index in [2.05, 4.69) is 20.9 Å². The Bertz CT molecular complexity index is 741. The second-order valence-corrected chi connectivity index (χ2v) is 8.15. The summed E-state index contributed by atoms with van der Waals surface area (Å²) in [5.74, 6) is -0.0717. The maximum Gasteiger partial charge on any atom is 0.178 e. The topological polar surface area (TPSA) is 67.3 Å². The molecule has 1 aliphatic heterocycles. The molecule has 1 aromatic heterocycles. The van der Waals surface area contributed by atoms with Crippen molar-refractivity contribution in [2.24, 2.45) is 0 Å². The van der Waals surface area contributed by atoms with Crippen molar-refractivity contribution in [1.29, 1.82) is 0 Å². The van der Waals surface area contributed by atoms with Gasteiger partial charge in [-0.25, -0.2) is 13.4 Å². The lowest BCUT2D eigenvalue weighted by Crippen LogP contribution is -2.36. The molecule has 2 heterocycles. The van der Waals surface area contributed by atoms with Gasteiger partial charge in [-0.15, -0.1) is 11.3 Å². The number of aromatic nitrogens is 1. The van der Waals surface area contributed by atoms with Gasteiger partial charge in [-0.05, 0) is 22.0 Å². The summed E-state index contributed by atoms with van der Waals surface area (Å²) in [4.78, 5) is 4.45. The Hall–Kier alpha value is -0.760. The number of hydrogen-bond acceptors (Lipinski definition) is 5. The Morgan fingerprint density at radius 2 is 2.11 bits per heavy atom. The van der Waals surface area contributed by atoms with Crippen LogP contribution >= 0.6 is 27.3 Å². The van der Waals surface area contributed by atoms with Crippen LogP contribution in [0.3, 0.4) is 0 Å². The normalized spacial score (nSPS) is 24.9. The number of rotatable bonds is 1. The highest BCUT2D eigenvalue weighted by Gasteiger charge is 2.43. The third-order valence-corrected chi connectivity index (χ3v) is 6.70. The largest absolute Gasteiger partial charge is 0.378 e. The number of benzene rings is 1. The van der Waals surface area contributed by atoms with Crippen molar-refractivity contribution < 1.29 is 13.5 Å². The number of sulfone groups is 1. The van der Waals surface area contributed by atoms with E-state index in [4.69, 9.17) is 0 Å². The molecule has 1 N–H and O–H groups in total. The summed E-state index contributed by atoms with van der Waals surface area (Å²) in [6, 6.07) is 6.59. The second-order valence-electron chi connectivity index (χ2n) is 4.40. The van der Waals surface area contributed by atoms with E-state index in [-0.39, 0.29) is 17.1 Å². The van der Waals surface area contributed by atoms with Gasteiger partial charge in [-0.2, -0.15) is 0 Å². The molecule has 0 saturated carbocycles. The summed E-state index contributed by atoms with van der Waals surface area (Å²) in [6.07, 6.45) is 0.131. The Morgan fingerprint density at radius 3 is 2.79 bits per heavy atom. The summed E-state index contributed by atoms with van der Waals surface area (Å²) >= 11 is 4.57. The first-order valence-corrected chi connectivity index (χ1v) is 8.92. The highest BCUT2D eigenvalue weighted by atomic mass is 79.9. The van der Waals surface area contributed by atoms with Crippen LogP contribution in [0.1, 0.15) is 17.0 Å². The lowest BCUT2D eigenvalue weighted by Gasteiger charge is -2.32. The minimum Gasteiger partial charge on any atom is -0.378 e. The Kier molecular flexibility index (Phi) is 3.05. The van der Waals surface area contributed by atoms with Crippen LogP contribution in [0, 0.1) is 0 Å². The van der Waals surface area contributed by atoms with Gasteiger partial charge in [0.25, 0.3) is 0 Å². The Labute approximate surface area is 123 Å². The monoisotopic (exact) mass is 359 g/mol. The molecular weight excluding hydrogens is 350 g/mol. The molecule has 2 aromatic rings. The number of fused-ring (bicyclic) bond motifs is 1. The molecule has 0 radical (unpaired) electrons. The van der Waals surface area contributed by atoms with E-state index in [1.165, 1.54) is 17.4 Å². The smallest absolute Gasteiger partial charge is 0.178 e. The van der Waals surface area contributed by atoms with Gasteiger partial charge in [-0.1, -0.05) is 18.2 Å². The quantitative estimate of drug-likeness (QED) is 0.848. The summed E-state index contributed by atoms with van der Waals surface area (Å²) < 4.78 is 24.8. The molecule has 0 aliphatic carbocycles. The second kappa shape index (κ2) is 4.37. The predicted octanol–water partition coefficient (Wildman–Crippen LogP) is 2.32. The summed E-state index contributed by atoms with van der Waals surface area (Å²) in [7, 11) is -3.31. The molecule has 19 heavy (non-hydrogen) atoms. The van der Waals surface area contributed by atoms with Gasteiger partial charge in [0.15, 0.2) is 9.84 Å². The summed E-state index contributed by atoms with van der Waals surface area (Å²) in [5, 5.41) is 13.2. The van der Waals surface area contributed by atoms with E-state index < -0.39 is 15.4 Å². The fraction of sp³-hybridized carbons (Fsp3) is 0.250. The minimum atomic E-state index is -3.31. The molecule has 1 aliphatic rings. The number of thiazole rings is 1. The van der Waals surface area contributed by atoms with Crippen molar-refractivity contribution >= 4 is 37.1 Å². The maximum atomic E-state index is 12.1. The molecule has 1 atom stereocenters. The zero-order chi connectivity index (χ0) is 13.7. The molecule has 3 rings (SSSR count). The van der Waals surface area contributed by atoms with E-state index in [9.17, 15) is 13.5 Å². The molecule has 0 saturated heterocycles. The first-order valence-electron chi connectivity index (χ1n) is 5.60. The van der Waals surface area contributed by atoms with Gasteiger partial charge in [-0.3, -0.25) is 0 Å². The van der Waals surface area contributed by atoms with Crippen molar-refractivity contribution in [3.63, 3.8) is 0 Å². The number of hydrogen-bond donors (Lipinski definition) is 1. The zero-order valence-electron chi connectivity index (χ0n) is 9.71. The van der Waals surface area contributed by atoms with Gasteiger partial charge in [0.1, 0.15) is 15.2 Å². The van der Waals surface area contributed by atoms with Gasteiger partial charge in [0, 0.05) is 17.4 Å². The molecule has 0 amide bonds. The van der Waals surface area contributed by atoms with E-state index in [1.54, 1.807) is 23.6 Å². The van der Waals surface area contributed by atoms with Gasteiger partial charge < -0.3 is 5.11 Å². The number of aliphatic hydroxyl groups is 1. The molecule has 1 aromatic carbocycles. The van der Waals surface area contributed by atoms with Crippen molar-refractivity contribution in [2.75, 3.05) is 5.75 Å². The predicted molar refractivity (Wildman–Crippen MR) is 75.9 cm³/mol. The van der Waals surface area contributed by atoms with E-state index in [0.717, 1.165) is 0 Å². The first-order chi connectivity index (χ1) is 8.93. The summed E-state index contributed by atoms with van der Waals surface area (Å²) in [5.41, 5.74) is -0.901. The Morgan fingerprint density at radius 1 is 1.37 bits per heavy atom. The van der Waals surface area contributed by atoms with Crippen LogP contribution in [0.25, 0.3) is 0 Å². The lowest BCUT2D eigenvalue weighted by atomic mass is 9.91. The van der Waals surface area contributed by atoms with Crippen LogP contribution in [0.15, 0.2) is 39.1 Å². The lowest BCUT2D eigenvalue weighted by molar-refractivity contribution is 0.0713. The average Bonchev–Trinajstić information content (AvgIpc) is 2.82. The van der Waals surface area contributed by atoms with Crippen molar-refractivity contribution in [3.8, 4) is 0 Å². The maximum absolute atomic E-state index is 12.1. The van der Waals surface area contributed by atoms with Gasteiger partial charge >= 0.3 is 0 Å². The fourth-order valence-electron chi connectivity index (χ4n) is 2.27. The highest BCUT2D eigenvalue weighted by Crippen LogP contribution is 2.42. The van der Waals surface area contributed by atoms with Crippen molar-refractivity contribution in [3.05, 3.63) is 44.8 Å². The molecule has 4 nitrogen and oxygen atoms in total. The van der Waals surface area contributed by atoms with Gasteiger partial charge in [0.05, 0.1) is 10.6 Å². The minimum absolute atomic E-state index is 0.0717. The highest BCUT2D eigenvalue weighted by molar-refractivity contribution is 9.10. The van der Waals surface area contributed by atoms with Gasteiger partial charge in [0.2, 0.25) is 0 Å². The fourth-order valence-corrected chi connectivity index (χ4v) is 5.31. The van der Waals surface area contributed by atoms with Crippen molar-refractivity contribution in [2.45, 2.75) is 16.9 Å². The van der Waals surface area contributed by atoms with E-state index in [1.807, 2.05) is 0 Å². The van der Waals surface area contributed by atoms with Crippen molar-refractivity contribution in [1.82, 2.24) is 4.98 Å². The summed E-state index contributed by atoms with van der Waals surface area (Å²) in [6.45, 7) is 0. The van der Waals surface area contributed by atoms with Crippen LogP contribution in [0.4, 0.5) is 0 Å². The van der Waals surface area contributed by atoms with Crippen LogP contribution in [-0.2, 0) is 15.4 Å². The molecule has 0 bridgehead atoms. The SMILES string of the molecule is O=S1(=O)CCC(O)(c2nc(Br)cs2)c2ccccc21.